The van der Waals surface area contributed by atoms with Crippen LogP contribution >= 0.6 is 23.1 Å². The van der Waals surface area contributed by atoms with Crippen molar-refractivity contribution in [2.75, 3.05) is 5.75 Å². The van der Waals surface area contributed by atoms with Gasteiger partial charge in [0.2, 0.25) is 0 Å². The Labute approximate surface area is 125 Å². The molecule has 20 heavy (non-hydrogen) atoms. The fourth-order valence-corrected chi connectivity index (χ4v) is 3.45. The van der Waals surface area contributed by atoms with Crippen LogP contribution in [0.5, 0.6) is 0 Å². The van der Waals surface area contributed by atoms with Gasteiger partial charge in [0.15, 0.2) is 5.16 Å². The number of aromatic nitrogens is 3. The van der Waals surface area contributed by atoms with Crippen molar-refractivity contribution in [2.24, 2.45) is 0 Å². The monoisotopic (exact) mass is 309 g/mol. The van der Waals surface area contributed by atoms with E-state index in [1.54, 1.807) is 11.3 Å². The van der Waals surface area contributed by atoms with Gasteiger partial charge in [-0.05, 0) is 30.7 Å². The van der Waals surface area contributed by atoms with E-state index in [0.29, 0.717) is 5.92 Å². The highest BCUT2D eigenvalue weighted by Gasteiger charge is 2.30. The van der Waals surface area contributed by atoms with E-state index in [0.717, 1.165) is 23.9 Å². The summed E-state index contributed by atoms with van der Waals surface area (Å²) in [6.07, 6.45) is 3.28. The van der Waals surface area contributed by atoms with Crippen molar-refractivity contribution < 1.29 is 9.90 Å². The summed E-state index contributed by atoms with van der Waals surface area (Å²) < 4.78 is 2.10. The summed E-state index contributed by atoms with van der Waals surface area (Å²) in [4.78, 5) is 12.0. The molecule has 0 atom stereocenters. The van der Waals surface area contributed by atoms with E-state index < -0.39 is 5.97 Å². The minimum absolute atomic E-state index is 0.0296. The lowest BCUT2D eigenvalue weighted by Crippen LogP contribution is -2.08. The van der Waals surface area contributed by atoms with Crippen molar-refractivity contribution in [1.29, 1.82) is 0 Å². The maximum atomic E-state index is 10.7. The number of carboxylic acids is 1. The van der Waals surface area contributed by atoms with Crippen LogP contribution in [-0.2, 0) is 17.8 Å². The van der Waals surface area contributed by atoms with Gasteiger partial charge >= 0.3 is 5.97 Å². The Morgan fingerprint density at radius 2 is 2.35 bits per heavy atom. The predicted molar refractivity (Wildman–Crippen MR) is 78.4 cm³/mol. The number of hydrogen-bond acceptors (Lipinski definition) is 5. The van der Waals surface area contributed by atoms with Gasteiger partial charge in [0.1, 0.15) is 5.82 Å². The van der Waals surface area contributed by atoms with Crippen LogP contribution in [0, 0.1) is 0 Å². The molecule has 0 amide bonds. The van der Waals surface area contributed by atoms with Crippen LogP contribution in [0.25, 0.3) is 0 Å². The van der Waals surface area contributed by atoms with Gasteiger partial charge < -0.3 is 9.67 Å². The smallest absolute Gasteiger partial charge is 0.313 e. The van der Waals surface area contributed by atoms with E-state index in [-0.39, 0.29) is 5.75 Å². The van der Waals surface area contributed by atoms with Gasteiger partial charge in [-0.3, -0.25) is 4.79 Å². The lowest BCUT2D eigenvalue weighted by Gasteiger charge is -2.08. The number of nitrogens with zero attached hydrogens (tertiary/aromatic N) is 3. The van der Waals surface area contributed by atoms with Crippen LogP contribution in [0.2, 0.25) is 0 Å². The Kier molecular flexibility index (Phi) is 4.07. The Morgan fingerprint density at radius 1 is 1.50 bits per heavy atom. The molecule has 1 N–H and O–H groups in total. The SMILES string of the molecule is O=C(O)CSc1nnc(C2CC2)n1CCc1cccs1. The van der Waals surface area contributed by atoms with Crippen molar-refractivity contribution in [1.82, 2.24) is 14.8 Å². The summed E-state index contributed by atoms with van der Waals surface area (Å²) in [6, 6.07) is 4.17. The highest BCUT2D eigenvalue weighted by atomic mass is 32.2. The number of hydrogen-bond donors (Lipinski definition) is 1. The maximum Gasteiger partial charge on any atom is 0.313 e. The van der Waals surface area contributed by atoms with Crippen LogP contribution in [0.1, 0.15) is 29.5 Å². The molecule has 106 valence electrons. The predicted octanol–water partition coefficient (Wildman–Crippen LogP) is 2.64. The Morgan fingerprint density at radius 3 is 3.00 bits per heavy atom. The highest BCUT2D eigenvalue weighted by molar-refractivity contribution is 7.99. The minimum atomic E-state index is -0.823. The molecular formula is C13H15N3O2S2. The third-order valence-corrected chi connectivity index (χ3v) is 5.06. The second-order valence-corrected chi connectivity index (χ2v) is 6.75. The number of carbonyl (C=O) groups is 1. The largest absolute Gasteiger partial charge is 0.481 e. The van der Waals surface area contributed by atoms with Crippen molar-refractivity contribution in [3.63, 3.8) is 0 Å². The van der Waals surface area contributed by atoms with Crippen molar-refractivity contribution in [3.8, 4) is 0 Å². The third-order valence-electron chi connectivity index (χ3n) is 3.17. The Hall–Kier alpha value is -1.34. The summed E-state index contributed by atoms with van der Waals surface area (Å²) in [5.74, 6) is 0.747. The average molecular weight is 309 g/mol. The zero-order chi connectivity index (χ0) is 13.9. The van der Waals surface area contributed by atoms with E-state index in [9.17, 15) is 4.79 Å². The second-order valence-electron chi connectivity index (χ2n) is 4.78. The molecule has 2 heterocycles. The number of carboxylic acid groups (broad SMARTS) is 1. The molecule has 0 aliphatic heterocycles. The van der Waals surface area contributed by atoms with Crippen molar-refractivity contribution in [3.05, 3.63) is 28.2 Å². The van der Waals surface area contributed by atoms with Gasteiger partial charge in [0.05, 0.1) is 5.75 Å². The zero-order valence-corrected chi connectivity index (χ0v) is 12.5. The molecule has 0 spiro atoms. The molecule has 2 aromatic heterocycles. The molecule has 0 saturated heterocycles. The molecular weight excluding hydrogens is 294 g/mol. The number of thioether (sulfide) groups is 1. The van der Waals surface area contributed by atoms with Gasteiger partial charge in [-0.25, -0.2) is 0 Å². The fraction of sp³-hybridized carbons (Fsp3) is 0.462. The molecule has 0 aromatic carbocycles. The van der Waals surface area contributed by atoms with Gasteiger partial charge in [-0.15, -0.1) is 21.5 Å². The van der Waals surface area contributed by atoms with Crippen LogP contribution in [0.15, 0.2) is 22.7 Å². The van der Waals surface area contributed by atoms with Crippen molar-refractivity contribution in [2.45, 2.75) is 36.9 Å². The first kappa shape index (κ1) is 13.6. The van der Waals surface area contributed by atoms with Gasteiger partial charge in [0, 0.05) is 17.3 Å². The molecule has 0 radical (unpaired) electrons. The van der Waals surface area contributed by atoms with E-state index in [4.69, 9.17) is 5.11 Å². The maximum absolute atomic E-state index is 10.7. The first-order valence-corrected chi connectivity index (χ1v) is 8.40. The first-order valence-electron chi connectivity index (χ1n) is 6.54. The normalized spacial score (nSPS) is 14.6. The quantitative estimate of drug-likeness (QED) is 0.796. The van der Waals surface area contributed by atoms with Gasteiger partial charge in [-0.2, -0.15) is 0 Å². The highest BCUT2D eigenvalue weighted by Crippen LogP contribution is 2.40. The van der Waals surface area contributed by atoms with Crippen molar-refractivity contribution >= 4 is 29.1 Å². The van der Waals surface area contributed by atoms with E-state index in [1.807, 2.05) is 6.07 Å². The van der Waals surface area contributed by atoms with Gasteiger partial charge in [-0.1, -0.05) is 17.8 Å². The topological polar surface area (TPSA) is 68.0 Å². The lowest BCUT2D eigenvalue weighted by atomic mass is 10.3. The van der Waals surface area contributed by atoms with Crippen LogP contribution in [0.4, 0.5) is 0 Å². The Balaban J connectivity index is 1.74. The molecule has 7 heteroatoms. The lowest BCUT2D eigenvalue weighted by molar-refractivity contribution is -0.133. The van der Waals surface area contributed by atoms with Crippen LogP contribution in [-0.4, -0.2) is 31.6 Å². The summed E-state index contributed by atoms with van der Waals surface area (Å²) in [7, 11) is 0. The molecule has 1 aliphatic carbocycles. The fourth-order valence-electron chi connectivity index (χ4n) is 2.06. The summed E-state index contributed by atoms with van der Waals surface area (Å²) in [5, 5.41) is 20.0. The molecule has 5 nitrogen and oxygen atoms in total. The molecule has 2 aromatic rings. The molecule has 1 aliphatic rings. The average Bonchev–Trinajstić information content (AvgIpc) is 2.99. The number of rotatable bonds is 7. The number of thiophene rings is 1. The zero-order valence-electron chi connectivity index (χ0n) is 10.9. The molecule has 3 rings (SSSR count). The minimum Gasteiger partial charge on any atom is -0.481 e. The van der Waals surface area contributed by atoms with Gasteiger partial charge in [0.25, 0.3) is 0 Å². The Bertz CT molecular complexity index is 591. The molecule has 0 bridgehead atoms. The van der Waals surface area contributed by atoms with Crippen LogP contribution < -0.4 is 0 Å². The first-order chi connectivity index (χ1) is 9.74. The van der Waals surface area contributed by atoms with E-state index >= 15 is 0 Å². The molecule has 1 saturated carbocycles. The number of aryl methyl sites for hydroxylation is 1. The second kappa shape index (κ2) is 5.97. The molecule has 0 unspecified atom stereocenters. The summed E-state index contributed by atoms with van der Waals surface area (Å²) >= 11 is 3.00. The van der Waals surface area contributed by atoms with Crippen LogP contribution in [0.3, 0.4) is 0 Å². The van der Waals surface area contributed by atoms with E-state index in [1.165, 1.54) is 29.5 Å². The van der Waals surface area contributed by atoms with E-state index in [2.05, 4.69) is 26.2 Å². The standard InChI is InChI=1S/C13H15N3O2S2/c17-11(18)8-20-13-15-14-12(9-3-4-9)16(13)6-5-10-2-1-7-19-10/h1-2,7,9H,3-6,8H2,(H,17,18). The number of aliphatic carboxylic acids is 1. The summed E-state index contributed by atoms with van der Waals surface area (Å²) in [6.45, 7) is 0.821. The summed E-state index contributed by atoms with van der Waals surface area (Å²) in [5.41, 5.74) is 0. The third kappa shape index (κ3) is 3.21. The molecule has 1 fully saturated rings.